The summed E-state index contributed by atoms with van der Waals surface area (Å²) in [6.45, 7) is 6.95. The Morgan fingerprint density at radius 2 is 2.00 bits per heavy atom. The van der Waals surface area contributed by atoms with Crippen LogP contribution in [0.4, 0.5) is 5.69 Å². The first-order valence-electron chi connectivity index (χ1n) is 6.31. The molecule has 0 saturated carbocycles. The zero-order chi connectivity index (χ0) is 14.2. The molecule has 0 unspecified atom stereocenters. The van der Waals surface area contributed by atoms with Gasteiger partial charge in [0.05, 0.1) is 0 Å². The monoisotopic (exact) mass is 260 g/mol. The van der Waals surface area contributed by atoms with E-state index in [9.17, 15) is 4.79 Å². The van der Waals surface area contributed by atoms with Gasteiger partial charge in [-0.25, -0.2) is 0 Å². The maximum atomic E-state index is 12.3. The standard InChI is InChI=1S/C15H20N2O2/c1-15(2,3)9-17(4)14(18)13-8-10-7-11(16)5-6-12(10)19-13/h5-8H,9,16H2,1-4H3. The molecule has 0 aliphatic carbocycles. The highest BCUT2D eigenvalue weighted by Gasteiger charge is 2.21. The fourth-order valence-electron chi connectivity index (χ4n) is 2.14. The molecule has 4 heteroatoms. The summed E-state index contributed by atoms with van der Waals surface area (Å²) in [5.41, 5.74) is 7.12. The van der Waals surface area contributed by atoms with Gasteiger partial charge in [0.15, 0.2) is 5.76 Å². The molecule has 1 aromatic heterocycles. The summed E-state index contributed by atoms with van der Waals surface area (Å²) in [7, 11) is 1.79. The highest BCUT2D eigenvalue weighted by Crippen LogP contribution is 2.23. The molecule has 0 saturated heterocycles. The van der Waals surface area contributed by atoms with Gasteiger partial charge in [-0.2, -0.15) is 0 Å². The van der Waals surface area contributed by atoms with E-state index in [1.165, 1.54) is 0 Å². The number of carbonyl (C=O) groups is 1. The second-order valence-corrected chi connectivity index (χ2v) is 6.13. The molecule has 0 fully saturated rings. The number of anilines is 1. The molecule has 2 N–H and O–H groups in total. The Morgan fingerprint density at radius 1 is 1.32 bits per heavy atom. The van der Waals surface area contributed by atoms with Crippen molar-refractivity contribution in [1.82, 2.24) is 4.90 Å². The van der Waals surface area contributed by atoms with Crippen LogP contribution in [0, 0.1) is 5.41 Å². The quantitative estimate of drug-likeness (QED) is 0.844. The summed E-state index contributed by atoms with van der Waals surface area (Å²) in [6, 6.07) is 7.09. The van der Waals surface area contributed by atoms with Gasteiger partial charge in [0.2, 0.25) is 0 Å². The van der Waals surface area contributed by atoms with E-state index in [1.807, 2.05) is 0 Å². The summed E-state index contributed by atoms with van der Waals surface area (Å²) in [4.78, 5) is 14.0. The predicted octanol–water partition coefficient (Wildman–Crippen LogP) is 3.13. The van der Waals surface area contributed by atoms with Crippen LogP contribution in [0.25, 0.3) is 11.0 Å². The van der Waals surface area contributed by atoms with E-state index in [2.05, 4.69) is 20.8 Å². The Kier molecular flexibility index (Phi) is 3.27. The zero-order valence-corrected chi connectivity index (χ0v) is 11.9. The molecule has 102 valence electrons. The molecule has 0 spiro atoms. The molecular formula is C15H20N2O2. The number of benzene rings is 1. The van der Waals surface area contributed by atoms with E-state index < -0.39 is 0 Å². The fraction of sp³-hybridized carbons (Fsp3) is 0.400. The Hall–Kier alpha value is -1.97. The number of carbonyl (C=O) groups excluding carboxylic acids is 1. The maximum absolute atomic E-state index is 12.3. The van der Waals surface area contributed by atoms with Gasteiger partial charge in [-0.05, 0) is 29.7 Å². The number of rotatable bonds is 2. The van der Waals surface area contributed by atoms with E-state index in [1.54, 1.807) is 36.2 Å². The van der Waals surface area contributed by atoms with E-state index in [0.717, 1.165) is 5.39 Å². The third-order valence-electron chi connectivity index (χ3n) is 2.81. The molecule has 0 aliphatic heterocycles. The van der Waals surface area contributed by atoms with Gasteiger partial charge in [-0.1, -0.05) is 20.8 Å². The lowest BCUT2D eigenvalue weighted by Crippen LogP contribution is -2.34. The minimum atomic E-state index is -0.107. The van der Waals surface area contributed by atoms with Gasteiger partial charge in [0.1, 0.15) is 5.58 Å². The Morgan fingerprint density at radius 3 is 2.63 bits per heavy atom. The first-order chi connectivity index (χ1) is 8.76. The zero-order valence-electron chi connectivity index (χ0n) is 11.9. The molecule has 1 aromatic carbocycles. The smallest absolute Gasteiger partial charge is 0.289 e. The van der Waals surface area contributed by atoms with Crippen LogP contribution in [-0.4, -0.2) is 24.4 Å². The number of hydrogen-bond donors (Lipinski definition) is 1. The first-order valence-corrected chi connectivity index (χ1v) is 6.31. The summed E-state index contributed by atoms with van der Waals surface area (Å²) >= 11 is 0. The highest BCUT2D eigenvalue weighted by atomic mass is 16.3. The number of nitrogens with zero attached hydrogens (tertiary/aromatic N) is 1. The van der Waals surface area contributed by atoms with Crippen molar-refractivity contribution in [1.29, 1.82) is 0 Å². The summed E-state index contributed by atoms with van der Waals surface area (Å²) < 4.78 is 5.57. The molecule has 19 heavy (non-hydrogen) atoms. The molecule has 0 radical (unpaired) electrons. The SMILES string of the molecule is CN(CC(C)(C)C)C(=O)c1cc2cc(N)ccc2o1. The van der Waals surface area contributed by atoms with E-state index in [0.29, 0.717) is 23.6 Å². The second kappa shape index (κ2) is 4.61. The van der Waals surface area contributed by atoms with Gasteiger partial charge < -0.3 is 15.1 Å². The third kappa shape index (κ3) is 3.08. The van der Waals surface area contributed by atoms with Crippen LogP contribution in [0.1, 0.15) is 31.3 Å². The van der Waals surface area contributed by atoms with E-state index in [4.69, 9.17) is 10.2 Å². The molecule has 0 bridgehead atoms. The van der Waals surface area contributed by atoms with Crippen molar-refractivity contribution in [3.05, 3.63) is 30.0 Å². The number of nitrogen functional groups attached to an aromatic ring is 1. The van der Waals surface area contributed by atoms with Gasteiger partial charge in [0, 0.05) is 24.7 Å². The van der Waals surface area contributed by atoms with E-state index in [-0.39, 0.29) is 11.3 Å². The number of hydrogen-bond acceptors (Lipinski definition) is 3. The van der Waals surface area contributed by atoms with Gasteiger partial charge >= 0.3 is 0 Å². The van der Waals surface area contributed by atoms with Crippen LogP contribution >= 0.6 is 0 Å². The molecule has 2 aromatic rings. The van der Waals surface area contributed by atoms with Crippen LogP contribution in [0.3, 0.4) is 0 Å². The van der Waals surface area contributed by atoms with Crippen molar-refractivity contribution in [3.8, 4) is 0 Å². The molecule has 0 atom stereocenters. The number of furan rings is 1. The second-order valence-electron chi connectivity index (χ2n) is 6.13. The van der Waals surface area contributed by atoms with Crippen molar-refractivity contribution in [2.45, 2.75) is 20.8 Å². The van der Waals surface area contributed by atoms with Crippen molar-refractivity contribution < 1.29 is 9.21 Å². The lowest BCUT2D eigenvalue weighted by molar-refractivity contribution is 0.0716. The van der Waals surface area contributed by atoms with E-state index >= 15 is 0 Å². The average molecular weight is 260 g/mol. The highest BCUT2D eigenvalue weighted by molar-refractivity contribution is 5.96. The van der Waals surface area contributed by atoms with Crippen molar-refractivity contribution in [2.24, 2.45) is 5.41 Å². The average Bonchev–Trinajstić information content (AvgIpc) is 2.68. The molecule has 0 aliphatic rings. The molecule has 4 nitrogen and oxygen atoms in total. The van der Waals surface area contributed by atoms with Crippen molar-refractivity contribution >= 4 is 22.6 Å². The van der Waals surface area contributed by atoms with Gasteiger partial charge in [-0.3, -0.25) is 4.79 Å². The van der Waals surface area contributed by atoms with Crippen LogP contribution in [0.15, 0.2) is 28.7 Å². The summed E-state index contributed by atoms with van der Waals surface area (Å²) in [5.74, 6) is 0.247. The minimum Gasteiger partial charge on any atom is -0.451 e. The Labute approximate surface area is 113 Å². The van der Waals surface area contributed by atoms with Crippen LogP contribution in [0.5, 0.6) is 0 Å². The number of fused-ring (bicyclic) bond motifs is 1. The molecule has 2 rings (SSSR count). The molecule has 1 amide bonds. The Balaban J connectivity index is 2.26. The van der Waals surface area contributed by atoms with Crippen LogP contribution in [-0.2, 0) is 0 Å². The van der Waals surface area contributed by atoms with Crippen LogP contribution in [0.2, 0.25) is 0 Å². The molecular weight excluding hydrogens is 240 g/mol. The maximum Gasteiger partial charge on any atom is 0.289 e. The predicted molar refractivity (Wildman–Crippen MR) is 77.0 cm³/mol. The number of nitrogens with two attached hydrogens (primary N) is 1. The van der Waals surface area contributed by atoms with Crippen molar-refractivity contribution in [3.63, 3.8) is 0 Å². The normalized spacial score (nSPS) is 11.8. The lowest BCUT2D eigenvalue weighted by Gasteiger charge is -2.25. The fourth-order valence-corrected chi connectivity index (χ4v) is 2.14. The third-order valence-corrected chi connectivity index (χ3v) is 2.81. The molecule has 1 heterocycles. The summed E-state index contributed by atoms with van der Waals surface area (Å²) in [5, 5.41) is 0.854. The topological polar surface area (TPSA) is 59.5 Å². The lowest BCUT2D eigenvalue weighted by atomic mass is 9.96. The number of amides is 1. The largest absolute Gasteiger partial charge is 0.451 e. The minimum absolute atomic E-state index is 0.0564. The van der Waals surface area contributed by atoms with Crippen molar-refractivity contribution in [2.75, 3.05) is 19.3 Å². The Bertz CT molecular complexity index is 608. The van der Waals surface area contributed by atoms with Gasteiger partial charge in [0.25, 0.3) is 5.91 Å². The first kappa shape index (κ1) is 13.5. The summed E-state index contributed by atoms with van der Waals surface area (Å²) in [6.07, 6.45) is 0. The van der Waals surface area contributed by atoms with Gasteiger partial charge in [-0.15, -0.1) is 0 Å². The van der Waals surface area contributed by atoms with Crippen LogP contribution < -0.4 is 5.73 Å².